The summed E-state index contributed by atoms with van der Waals surface area (Å²) in [6.45, 7) is 7.57. The molecular weight excluding hydrogens is 152 g/mol. The highest BCUT2D eigenvalue weighted by Gasteiger charge is 1.83. The Bertz CT molecular complexity index is 287. The van der Waals surface area contributed by atoms with Gasteiger partial charge in [0.25, 0.3) is 0 Å². The molecule has 0 spiro atoms. The standard InChI is InChI=1S/C6H8N4.C2H6/c1-3-10-5-9-8-4-6(10)7-2;1-2/h3-5H,1H2,2H3;1-2H3. The first-order valence-electron chi connectivity index (χ1n) is 3.82. The normalized spacial score (nSPS) is 10.1. The second-order valence-corrected chi connectivity index (χ2v) is 1.65. The summed E-state index contributed by atoms with van der Waals surface area (Å²) in [5.74, 6) is 0. The Morgan fingerprint density at radius 3 is 2.58 bits per heavy atom. The summed E-state index contributed by atoms with van der Waals surface area (Å²) in [5, 5.41) is 7.30. The van der Waals surface area contributed by atoms with Crippen molar-refractivity contribution < 1.29 is 0 Å². The van der Waals surface area contributed by atoms with E-state index in [9.17, 15) is 0 Å². The molecule has 0 aliphatic heterocycles. The highest BCUT2D eigenvalue weighted by molar-refractivity contribution is 5.13. The van der Waals surface area contributed by atoms with E-state index in [-0.39, 0.29) is 0 Å². The Morgan fingerprint density at radius 1 is 1.50 bits per heavy atom. The predicted octanol–water partition coefficient (Wildman–Crippen LogP) is 0.935. The first-order chi connectivity index (χ1) is 5.88. The molecular formula is C8H14N4. The van der Waals surface area contributed by atoms with Gasteiger partial charge in [-0.05, 0) is 0 Å². The van der Waals surface area contributed by atoms with E-state index in [1.165, 1.54) is 0 Å². The lowest BCUT2D eigenvalue weighted by molar-refractivity contribution is 0.853. The molecule has 1 heterocycles. The molecule has 0 aliphatic rings. The maximum absolute atomic E-state index is 3.93. The lowest BCUT2D eigenvalue weighted by atomic mass is 10.7. The number of hydrogen-bond donors (Lipinski definition) is 0. The largest absolute Gasteiger partial charge is 0.290 e. The first kappa shape index (κ1) is 10.6. The second-order valence-electron chi connectivity index (χ2n) is 1.65. The maximum atomic E-state index is 3.93. The third-order valence-corrected chi connectivity index (χ3v) is 1.11. The van der Waals surface area contributed by atoms with Crippen LogP contribution >= 0.6 is 0 Å². The summed E-state index contributed by atoms with van der Waals surface area (Å²) < 4.78 is 1.69. The summed E-state index contributed by atoms with van der Waals surface area (Å²) >= 11 is 0. The van der Waals surface area contributed by atoms with Gasteiger partial charge >= 0.3 is 0 Å². The van der Waals surface area contributed by atoms with Gasteiger partial charge in [-0.15, -0.1) is 5.10 Å². The van der Waals surface area contributed by atoms with Crippen LogP contribution in [0.2, 0.25) is 0 Å². The van der Waals surface area contributed by atoms with E-state index in [0.717, 1.165) is 5.49 Å². The van der Waals surface area contributed by atoms with Crippen LogP contribution in [-0.4, -0.2) is 21.8 Å². The number of hydrogen-bond acceptors (Lipinski definition) is 3. The summed E-state index contributed by atoms with van der Waals surface area (Å²) in [5.41, 5.74) is 0.741. The minimum Gasteiger partial charge on any atom is -0.290 e. The molecule has 1 aromatic rings. The third kappa shape index (κ3) is 2.65. The Hall–Kier alpha value is -1.45. The molecule has 0 N–H and O–H groups in total. The molecule has 0 unspecified atom stereocenters. The van der Waals surface area contributed by atoms with E-state index in [1.54, 1.807) is 30.3 Å². The lowest BCUT2D eigenvalue weighted by Crippen LogP contribution is -2.16. The molecule has 0 fully saturated rings. The van der Waals surface area contributed by atoms with Crippen LogP contribution in [0.5, 0.6) is 0 Å². The van der Waals surface area contributed by atoms with Crippen LogP contribution in [-0.2, 0) is 0 Å². The Balaban J connectivity index is 0.000000561. The smallest absolute Gasteiger partial charge is 0.153 e. The van der Waals surface area contributed by atoms with Gasteiger partial charge in [-0.3, -0.25) is 9.56 Å². The van der Waals surface area contributed by atoms with Crippen molar-refractivity contribution >= 4 is 6.20 Å². The van der Waals surface area contributed by atoms with Gasteiger partial charge in [0.1, 0.15) is 6.33 Å². The molecule has 12 heavy (non-hydrogen) atoms. The van der Waals surface area contributed by atoms with Crippen molar-refractivity contribution in [1.82, 2.24) is 14.8 Å². The fraction of sp³-hybridized carbons (Fsp3) is 0.375. The predicted molar refractivity (Wildman–Crippen MR) is 49.2 cm³/mol. The van der Waals surface area contributed by atoms with E-state index in [2.05, 4.69) is 21.8 Å². The minimum absolute atomic E-state index is 0.741. The Morgan fingerprint density at radius 2 is 2.17 bits per heavy atom. The Kier molecular flexibility index (Phi) is 5.51. The van der Waals surface area contributed by atoms with Crippen LogP contribution < -0.4 is 5.49 Å². The van der Waals surface area contributed by atoms with Gasteiger partial charge in [0, 0.05) is 13.2 Å². The fourth-order valence-electron chi connectivity index (χ4n) is 0.610. The zero-order chi connectivity index (χ0) is 9.40. The molecule has 0 aromatic carbocycles. The highest BCUT2D eigenvalue weighted by Crippen LogP contribution is 1.71. The molecule has 0 saturated carbocycles. The summed E-state index contributed by atoms with van der Waals surface area (Å²) in [4.78, 5) is 3.93. The van der Waals surface area contributed by atoms with Crippen molar-refractivity contribution in [3.05, 3.63) is 24.6 Å². The molecule has 0 saturated heterocycles. The van der Waals surface area contributed by atoms with E-state index in [1.807, 2.05) is 13.8 Å². The van der Waals surface area contributed by atoms with Crippen molar-refractivity contribution in [2.45, 2.75) is 13.8 Å². The van der Waals surface area contributed by atoms with Crippen molar-refractivity contribution in [2.24, 2.45) is 4.99 Å². The lowest BCUT2D eigenvalue weighted by Gasteiger charge is -1.94. The molecule has 0 bridgehead atoms. The van der Waals surface area contributed by atoms with Crippen LogP contribution in [0.4, 0.5) is 0 Å². The maximum Gasteiger partial charge on any atom is 0.153 e. The van der Waals surface area contributed by atoms with Gasteiger partial charge in [0.2, 0.25) is 0 Å². The zero-order valence-electron chi connectivity index (χ0n) is 7.73. The first-order valence-corrected chi connectivity index (χ1v) is 3.82. The number of nitrogens with zero attached hydrogens (tertiary/aromatic N) is 4. The van der Waals surface area contributed by atoms with Crippen LogP contribution in [0, 0.1) is 0 Å². The van der Waals surface area contributed by atoms with Gasteiger partial charge in [-0.1, -0.05) is 20.4 Å². The van der Waals surface area contributed by atoms with Gasteiger partial charge in [0.05, 0.1) is 6.20 Å². The number of aromatic nitrogens is 3. The summed E-state index contributed by atoms with van der Waals surface area (Å²) in [6.07, 6.45) is 4.74. The molecule has 0 radical (unpaired) electrons. The van der Waals surface area contributed by atoms with Crippen LogP contribution in [0.3, 0.4) is 0 Å². The topological polar surface area (TPSA) is 43.1 Å². The number of rotatable bonds is 1. The molecule has 0 atom stereocenters. The summed E-state index contributed by atoms with van der Waals surface area (Å²) in [6, 6.07) is 0. The van der Waals surface area contributed by atoms with Crippen molar-refractivity contribution in [1.29, 1.82) is 0 Å². The molecule has 0 amide bonds. The van der Waals surface area contributed by atoms with Gasteiger partial charge in [-0.2, -0.15) is 5.10 Å². The molecule has 0 aliphatic carbocycles. The van der Waals surface area contributed by atoms with Crippen molar-refractivity contribution in [3.63, 3.8) is 0 Å². The summed E-state index contributed by atoms with van der Waals surface area (Å²) in [7, 11) is 1.69. The van der Waals surface area contributed by atoms with E-state index < -0.39 is 0 Å². The molecule has 4 nitrogen and oxygen atoms in total. The fourth-order valence-corrected chi connectivity index (χ4v) is 0.610. The van der Waals surface area contributed by atoms with Crippen LogP contribution in [0.15, 0.2) is 24.1 Å². The van der Waals surface area contributed by atoms with Crippen LogP contribution in [0.25, 0.3) is 6.20 Å². The minimum atomic E-state index is 0.741. The molecule has 1 aromatic heterocycles. The SMILES string of the molecule is C=Cn1cnncc1=NC.CC. The highest BCUT2D eigenvalue weighted by atomic mass is 15.2. The molecule has 1 rings (SSSR count). The van der Waals surface area contributed by atoms with E-state index in [4.69, 9.17) is 0 Å². The monoisotopic (exact) mass is 166 g/mol. The van der Waals surface area contributed by atoms with Gasteiger partial charge in [-0.25, -0.2) is 0 Å². The second kappa shape index (κ2) is 6.27. The van der Waals surface area contributed by atoms with Crippen LogP contribution in [0.1, 0.15) is 13.8 Å². The average molecular weight is 166 g/mol. The Labute approximate surface area is 72.3 Å². The van der Waals surface area contributed by atoms with Crippen molar-refractivity contribution in [3.8, 4) is 0 Å². The van der Waals surface area contributed by atoms with E-state index >= 15 is 0 Å². The third-order valence-electron chi connectivity index (χ3n) is 1.11. The zero-order valence-corrected chi connectivity index (χ0v) is 7.73. The quantitative estimate of drug-likeness (QED) is 0.623. The molecule has 66 valence electrons. The van der Waals surface area contributed by atoms with E-state index in [0.29, 0.717) is 0 Å². The van der Waals surface area contributed by atoms with Gasteiger partial charge in [0.15, 0.2) is 5.49 Å². The van der Waals surface area contributed by atoms with Crippen molar-refractivity contribution in [2.75, 3.05) is 7.05 Å². The molecule has 4 heteroatoms. The van der Waals surface area contributed by atoms with Gasteiger partial charge < -0.3 is 0 Å². The average Bonchev–Trinajstić information content (AvgIpc) is 2.20.